The quantitative estimate of drug-likeness (QED) is 0.390. The van der Waals surface area contributed by atoms with Crippen molar-refractivity contribution in [1.29, 1.82) is 0 Å². The van der Waals surface area contributed by atoms with E-state index in [1.165, 1.54) is 0 Å². The van der Waals surface area contributed by atoms with E-state index in [2.05, 4.69) is 20.3 Å². The molecular formula is C26H21ClN6O. The smallest absolute Gasteiger partial charge is 0.226 e. The third-order valence-electron chi connectivity index (χ3n) is 5.39. The summed E-state index contributed by atoms with van der Waals surface area (Å²) in [5, 5.41) is 8.27. The Morgan fingerprint density at radius 2 is 1.79 bits per heavy atom. The van der Waals surface area contributed by atoms with E-state index < -0.39 is 0 Å². The highest BCUT2D eigenvalue weighted by Crippen LogP contribution is 2.26. The molecule has 0 saturated carbocycles. The second kappa shape index (κ2) is 9.41. The van der Waals surface area contributed by atoms with Gasteiger partial charge in [-0.05, 0) is 48.9 Å². The number of hydrogen-bond donors (Lipinski definition) is 1. The number of carbonyl (C=O) groups is 1. The second-order valence-corrected chi connectivity index (χ2v) is 8.28. The zero-order valence-electron chi connectivity index (χ0n) is 18.4. The molecule has 0 unspecified atom stereocenters. The number of nitrogens with one attached hydrogen (secondary N) is 1. The van der Waals surface area contributed by atoms with Crippen LogP contribution in [-0.4, -0.2) is 30.6 Å². The van der Waals surface area contributed by atoms with Gasteiger partial charge in [0.05, 0.1) is 28.8 Å². The highest BCUT2D eigenvalue weighted by Gasteiger charge is 2.16. The number of fused-ring (bicyclic) bond motifs is 1. The number of aryl methyl sites for hydroxylation is 1. The minimum atomic E-state index is -0.141. The van der Waals surface area contributed by atoms with E-state index in [9.17, 15) is 4.79 Å². The molecule has 2 aromatic carbocycles. The maximum atomic E-state index is 12.7. The average molecular weight is 469 g/mol. The van der Waals surface area contributed by atoms with Crippen LogP contribution >= 0.6 is 11.6 Å². The Labute approximate surface area is 201 Å². The van der Waals surface area contributed by atoms with Crippen molar-refractivity contribution >= 4 is 28.5 Å². The van der Waals surface area contributed by atoms with Crippen molar-refractivity contribution in [1.82, 2.24) is 30.0 Å². The first-order valence-electron chi connectivity index (χ1n) is 10.8. The van der Waals surface area contributed by atoms with Gasteiger partial charge in [-0.25, -0.2) is 9.67 Å². The molecule has 3 aromatic heterocycles. The first kappa shape index (κ1) is 21.7. The van der Waals surface area contributed by atoms with Crippen LogP contribution in [0.2, 0.25) is 5.02 Å². The van der Waals surface area contributed by atoms with Crippen molar-refractivity contribution in [3.63, 3.8) is 0 Å². The molecule has 0 aliphatic rings. The molecule has 0 bridgehead atoms. The van der Waals surface area contributed by atoms with Crippen LogP contribution in [0.15, 0.2) is 79.1 Å². The van der Waals surface area contributed by atoms with E-state index >= 15 is 0 Å². The fourth-order valence-corrected chi connectivity index (χ4v) is 3.93. The standard InChI is InChI=1S/C26H21ClN6O/c1-17-5-4-8-25(31-17)33-24(18-9-10-22-23(13-18)29-12-11-28-22)14-20(32-33)15-26(34)30-16-19-6-2-3-7-21(19)27/h2-14H,15-16H2,1H3,(H,30,34). The Kier molecular flexibility index (Phi) is 6.01. The van der Waals surface area contributed by atoms with Crippen molar-refractivity contribution in [2.45, 2.75) is 19.9 Å². The van der Waals surface area contributed by atoms with Crippen molar-refractivity contribution in [2.75, 3.05) is 0 Å². The van der Waals surface area contributed by atoms with Crippen molar-refractivity contribution in [3.8, 4) is 17.1 Å². The highest BCUT2D eigenvalue weighted by atomic mass is 35.5. The Bertz CT molecular complexity index is 1500. The normalized spacial score (nSPS) is 11.0. The van der Waals surface area contributed by atoms with Gasteiger partial charge >= 0.3 is 0 Å². The van der Waals surface area contributed by atoms with Crippen LogP contribution in [0.25, 0.3) is 28.1 Å². The molecule has 0 aliphatic carbocycles. The lowest BCUT2D eigenvalue weighted by Gasteiger charge is -2.08. The van der Waals surface area contributed by atoms with Gasteiger partial charge in [-0.2, -0.15) is 5.10 Å². The molecule has 3 heterocycles. The minimum Gasteiger partial charge on any atom is -0.352 e. The summed E-state index contributed by atoms with van der Waals surface area (Å²) in [6, 6.07) is 21.0. The van der Waals surface area contributed by atoms with E-state index in [0.717, 1.165) is 33.5 Å². The third kappa shape index (κ3) is 4.65. The number of amides is 1. The monoisotopic (exact) mass is 468 g/mol. The van der Waals surface area contributed by atoms with Crippen LogP contribution in [0.5, 0.6) is 0 Å². The number of benzene rings is 2. The van der Waals surface area contributed by atoms with Crippen LogP contribution in [0, 0.1) is 6.92 Å². The molecule has 1 amide bonds. The number of rotatable bonds is 6. The SMILES string of the molecule is Cc1cccc(-n2nc(CC(=O)NCc3ccccc3Cl)cc2-c2ccc3nccnc3c2)n1. The van der Waals surface area contributed by atoms with Crippen molar-refractivity contribution < 1.29 is 4.79 Å². The predicted molar refractivity (Wildman–Crippen MR) is 132 cm³/mol. The summed E-state index contributed by atoms with van der Waals surface area (Å²) in [4.78, 5) is 26.1. The summed E-state index contributed by atoms with van der Waals surface area (Å²) in [6.07, 6.45) is 3.46. The number of aromatic nitrogens is 5. The first-order valence-corrected chi connectivity index (χ1v) is 11.2. The van der Waals surface area contributed by atoms with Gasteiger partial charge in [0.25, 0.3) is 0 Å². The summed E-state index contributed by atoms with van der Waals surface area (Å²) in [5.74, 6) is 0.537. The lowest BCUT2D eigenvalue weighted by atomic mass is 10.1. The molecule has 0 radical (unpaired) electrons. The molecule has 0 atom stereocenters. The van der Waals surface area contributed by atoms with Gasteiger partial charge in [-0.3, -0.25) is 14.8 Å². The highest BCUT2D eigenvalue weighted by molar-refractivity contribution is 6.31. The van der Waals surface area contributed by atoms with E-state index in [-0.39, 0.29) is 12.3 Å². The van der Waals surface area contributed by atoms with Gasteiger partial charge in [-0.15, -0.1) is 0 Å². The first-order chi connectivity index (χ1) is 16.6. The molecule has 5 rings (SSSR count). The maximum absolute atomic E-state index is 12.7. The van der Waals surface area contributed by atoms with Crippen molar-refractivity contribution in [3.05, 3.63) is 101 Å². The van der Waals surface area contributed by atoms with Crippen LogP contribution in [0.4, 0.5) is 0 Å². The van der Waals surface area contributed by atoms with Crippen molar-refractivity contribution in [2.24, 2.45) is 0 Å². The molecule has 7 nitrogen and oxygen atoms in total. The molecule has 34 heavy (non-hydrogen) atoms. The van der Waals surface area contributed by atoms with Crippen LogP contribution < -0.4 is 5.32 Å². The molecule has 0 spiro atoms. The number of halogens is 1. The fourth-order valence-electron chi connectivity index (χ4n) is 3.73. The molecule has 0 aliphatic heterocycles. The molecule has 0 saturated heterocycles. The summed E-state index contributed by atoms with van der Waals surface area (Å²) in [5.41, 5.74) is 5.70. The molecule has 1 N–H and O–H groups in total. The fraction of sp³-hybridized carbons (Fsp3) is 0.115. The Morgan fingerprint density at radius 1 is 0.971 bits per heavy atom. The van der Waals surface area contributed by atoms with E-state index in [1.807, 2.05) is 67.6 Å². The van der Waals surface area contributed by atoms with Gasteiger partial charge in [0, 0.05) is 35.2 Å². The lowest BCUT2D eigenvalue weighted by Crippen LogP contribution is -2.24. The maximum Gasteiger partial charge on any atom is 0.226 e. The topological polar surface area (TPSA) is 85.6 Å². The zero-order chi connectivity index (χ0) is 23.5. The number of nitrogens with zero attached hydrogens (tertiary/aromatic N) is 5. The molecule has 8 heteroatoms. The van der Waals surface area contributed by atoms with Gasteiger partial charge in [0.1, 0.15) is 0 Å². The van der Waals surface area contributed by atoms with Crippen LogP contribution in [-0.2, 0) is 17.8 Å². The molecular weight excluding hydrogens is 448 g/mol. The van der Waals surface area contributed by atoms with E-state index in [4.69, 9.17) is 16.7 Å². The second-order valence-electron chi connectivity index (χ2n) is 7.87. The number of pyridine rings is 1. The predicted octanol–water partition coefficient (Wildman–Crippen LogP) is 4.70. The van der Waals surface area contributed by atoms with E-state index in [0.29, 0.717) is 23.1 Å². The molecule has 168 valence electrons. The van der Waals surface area contributed by atoms with Crippen LogP contribution in [0.1, 0.15) is 17.0 Å². The minimum absolute atomic E-state index is 0.129. The van der Waals surface area contributed by atoms with Gasteiger partial charge in [0.2, 0.25) is 5.91 Å². The van der Waals surface area contributed by atoms with Gasteiger partial charge in [-0.1, -0.05) is 41.9 Å². The number of hydrogen-bond acceptors (Lipinski definition) is 5. The average Bonchev–Trinajstić information content (AvgIpc) is 3.27. The zero-order valence-corrected chi connectivity index (χ0v) is 19.2. The van der Waals surface area contributed by atoms with Crippen LogP contribution in [0.3, 0.4) is 0 Å². The summed E-state index contributed by atoms with van der Waals surface area (Å²) >= 11 is 6.20. The largest absolute Gasteiger partial charge is 0.352 e. The molecule has 0 fully saturated rings. The number of carbonyl (C=O) groups excluding carboxylic acids is 1. The Balaban J connectivity index is 1.46. The third-order valence-corrected chi connectivity index (χ3v) is 5.76. The van der Waals surface area contributed by atoms with Gasteiger partial charge in [0.15, 0.2) is 5.82 Å². The summed E-state index contributed by atoms with van der Waals surface area (Å²) in [6.45, 7) is 2.29. The van der Waals surface area contributed by atoms with Gasteiger partial charge < -0.3 is 5.32 Å². The molecule has 5 aromatic rings. The summed E-state index contributed by atoms with van der Waals surface area (Å²) < 4.78 is 1.77. The lowest BCUT2D eigenvalue weighted by molar-refractivity contribution is -0.120. The Hall–Kier alpha value is -4.10. The Morgan fingerprint density at radius 3 is 2.62 bits per heavy atom. The summed E-state index contributed by atoms with van der Waals surface area (Å²) in [7, 11) is 0. The van der Waals surface area contributed by atoms with E-state index in [1.54, 1.807) is 23.1 Å².